The second-order valence-electron chi connectivity index (χ2n) is 3.65. The van der Waals surface area contributed by atoms with Crippen molar-refractivity contribution in [2.24, 2.45) is 0 Å². The standard InChI is InChI=1S/C10H19N3OS/c1-4-8-12-9(15-13-8)11-7-10(14,5-2)6-3/h14H,4-7H2,1-3H3,(H,11,12,13). The zero-order valence-corrected chi connectivity index (χ0v) is 10.4. The van der Waals surface area contributed by atoms with Gasteiger partial charge < -0.3 is 10.4 Å². The van der Waals surface area contributed by atoms with Crippen LogP contribution in [0.4, 0.5) is 5.13 Å². The second kappa shape index (κ2) is 5.42. The van der Waals surface area contributed by atoms with Crippen LogP contribution in [0, 0.1) is 0 Å². The van der Waals surface area contributed by atoms with E-state index in [1.54, 1.807) is 0 Å². The van der Waals surface area contributed by atoms with Gasteiger partial charge in [-0.3, -0.25) is 0 Å². The molecule has 0 bridgehead atoms. The summed E-state index contributed by atoms with van der Waals surface area (Å²) in [5, 5.41) is 14.0. The fourth-order valence-electron chi connectivity index (χ4n) is 1.21. The monoisotopic (exact) mass is 229 g/mol. The molecule has 86 valence electrons. The van der Waals surface area contributed by atoms with Crippen LogP contribution < -0.4 is 5.32 Å². The summed E-state index contributed by atoms with van der Waals surface area (Å²) in [6, 6.07) is 0. The average Bonchev–Trinajstić information content (AvgIpc) is 2.74. The van der Waals surface area contributed by atoms with Crippen LogP contribution in [-0.2, 0) is 6.42 Å². The fourth-order valence-corrected chi connectivity index (χ4v) is 1.85. The molecule has 0 atom stereocenters. The summed E-state index contributed by atoms with van der Waals surface area (Å²) >= 11 is 1.35. The number of aryl methyl sites for hydroxylation is 1. The van der Waals surface area contributed by atoms with Crippen LogP contribution in [0.15, 0.2) is 0 Å². The van der Waals surface area contributed by atoms with Gasteiger partial charge in [-0.1, -0.05) is 20.8 Å². The van der Waals surface area contributed by atoms with Gasteiger partial charge in [0.05, 0.1) is 5.60 Å². The summed E-state index contributed by atoms with van der Waals surface area (Å²) in [5.41, 5.74) is -0.627. The zero-order valence-electron chi connectivity index (χ0n) is 9.58. The molecule has 0 unspecified atom stereocenters. The van der Waals surface area contributed by atoms with Crippen LogP contribution in [0.25, 0.3) is 0 Å². The first-order chi connectivity index (χ1) is 7.13. The smallest absolute Gasteiger partial charge is 0.202 e. The number of rotatable bonds is 6. The number of nitrogens with zero attached hydrogens (tertiary/aromatic N) is 2. The summed E-state index contributed by atoms with van der Waals surface area (Å²) in [7, 11) is 0. The molecule has 0 spiro atoms. The Balaban J connectivity index is 2.49. The minimum absolute atomic E-state index is 0.540. The molecule has 1 heterocycles. The lowest BCUT2D eigenvalue weighted by Gasteiger charge is -2.24. The van der Waals surface area contributed by atoms with E-state index in [1.807, 2.05) is 20.8 Å². The minimum Gasteiger partial charge on any atom is -0.388 e. The molecule has 0 fully saturated rings. The maximum absolute atomic E-state index is 10.0. The van der Waals surface area contributed by atoms with Crippen molar-refractivity contribution in [3.05, 3.63) is 5.82 Å². The highest BCUT2D eigenvalue weighted by Gasteiger charge is 2.22. The molecular formula is C10H19N3OS. The van der Waals surface area contributed by atoms with E-state index in [1.165, 1.54) is 11.5 Å². The maximum Gasteiger partial charge on any atom is 0.202 e. The van der Waals surface area contributed by atoms with Gasteiger partial charge in [-0.15, -0.1) is 0 Å². The van der Waals surface area contributed by atoms with E-state index in [-0.39, 0.29) is 0 Å². The van der Waals surface area contributed by atoms with E-state index in [0.717, 1.165) is 30.2 Å². The van der Waals surface area contributed by atoms with E-state index < -0.39 is 5.60 Å². The van der Waals surface area contributed by atoms with Crippen molar-refractivity contribution in [2.75, 3.05) is 11.9 Å². The Morgan fingerprint density at radius 2 is 2.00 bits per heavy atom. The van der Waals surface area contributed by atoms with Gasteiger partial charge in [0.25, 0.3) is 0 Å². The molecule has 1 aromatic rings. The topological polar surface area (TPSA) is 58.0 Å². The number of hydrogen-bond donors (Lipinski definition) is 2. The van der Waals surface area contributed by atoms with Gasteiger partial charge in [0.15, 0.2) is 0 Å². The van der Waals surface area contributed by atoms with Crippen LogP contribution in [0.1, 0.15) is 39.4 Å². The SMILES string of the molecule is CCc1nsc(NCC(O)(CC)CC)n1. The highest BCUT2D eigenvalue weighted by Crippen LogP contribution is 2.17. The van der Waals surface area contributed by atoms with Crippen LogP contribution in [0.3, 0.4) is 0 Å². The molecule has 1 aromatic heterocycles. The largest absolute Gasteiger partial charge is 0.388 e. The van der Waals surface area contributed by atoms with Gasteiger partial charge in [-0.2, -0.15) is 4.37 Å². The third-order valence-electron chi connectivity index (χ3n) is 2.67. The van der Waals surface area contributed by atoms with Gasteiger partial charge in [0, 0.05) is 24.5 Å². The van der Waals surface area contributed by atoms with Crippen LogP contribution in [0.5, 0.6) is 0 Å². The van der Waals surface area contributed by atoms with Crippen molar-refractivity contribution < 1.29 is 5.11 Å². The molecular weight excluding hydrogens is 210 g/mol. The Morgan fingerprint density at radius 3 is 2.47 bits per heavy atom. The number of aromatic nitrogens is 2. The average molecular weight is 229 g/mol. The first-order valence-corrected chi connectivity index (χ1v) is 6.19. The number of anilines is 1. The first-order valence-electron chi connectivity index (χ1n) is 5.42. The molecule has 15 heavy (non-hydrogen) atoms. The number of nitrogens with one attached hydrogen (secondary N) is 1. The summed E-state index contributed by atoms with van der Waals surface area (Å²) in [6.07, 6.45) is 2.34. The molecule has 2 N–H and O–H groups in total. The highest BCUT2D eigenvalue weighted by molar-refractivity contribution is 7.09. The van der Waals surface area contributed by atoms with Gasteiger partial charge in [0.1, 0.15) is 5.82 Å². The van der Waals surface area contributed by atoms with Crippen LogP contribution in [-0.4, -0.2) is 26.6 Å². The molecule has 0 aliphatic rings. The Morgan fingerprint density at radius 1 is 1.33 bits per heavy atom. The Bertz CT molecular complexity index is 297. The molecule has 0 aliphatic carbocycles. The van der Waals surface area contributed by atoms with Gasteiger partial charge in [0.2, 0.25) is 5.13 Å². The molecule has 4 nitrogen and oxygen atoms in total. The summed E-state index contributed by atoms with van der Waals surface area (Å²) in [6.45, 7) is 6.55. The minimum atomic E-state index is -0.627. The number of hydrogen-bond acceptors (Lipinski definition) is 5. The predicted molar refractivity (Wildman–Crippen MR) is 63.3 cm³/mol. The van der Waals surface area contributed by atoms with Crippen molar-refractivity contribution in [1.29, 1.82) is 0 Å². The molecule has 0 saturated heterocycles. The lowest BCUT2D eigenvalue weighted by atomic mass is 9.98. The second-order valence-corrected chi connectivity index (χ2v) is 4.41. The lowest BCUT2D eigenvalue weighted by molar-refractivity contribution is 0.0457. The molecule has 0 amide bonds. The predicted octanol–water partition coefficient (Wildman–Crippen LogP) is 2.06. The third-order valence-corrected chi connectivity index (χ3v) is 3.38. The maximum atomic E-state index is 10.0. The highest BCUT2D eigenvalue weighted by atomic mass is 32.1. The van der Waals surface area contributed by atoms with E-state index in [2.05, 4.69) is 14.7 Å². The molecule has 5 heteroatoms. The van der Waals surface area contributed by atoms with Crippen molar-refractivity contribution in [1.82, 2.24) is 9.36 Å². The molecule has 0 saturated carbocycles. The quantitative estimate of drug-likeness (QED) is 0.784. The van der Waals surface area contributed by atoms with Gasteiger partial charge >= 0.3 is 0 Å². The number of aliphatic hydroxyl groups is 1. The van der Waals surface area contributed by atoms with Crippen LogP contribution in [0.2, 0.25) is 0 Å². The van der Waals surface area contributed by atoms with Gasteiger partial charge in [-0.05, 0) is 12.8 Å². The third kappa shape index (κ3) is 3.43. The first kappa shape index (κ1) is 12.4. The summed E-state index contributed by atoms with van der Waals surface area (Å²) in [5.74, 6) is 0.860. The molecule has 0 aromatic carbocycles. The van der Waals surface area contributed by atoms with E-state index >= 15 is 0 Å². The van der Waals surface area contributed by atoms with Crippen molar-refractivity contribution in [3.63, 3.8) is 0 Å². The summed E-state index contributed by atoms with van der Waals surface area (Å²) < 4.78 is 4.17. The Labute approximate surface area is 94.9 Å². The molecule has 0 radical (unpaired) electrons. The van der Waals surface area contributed by atoms with Crippen molar-refractivity contribution in [3.8, 4) is 0 Å². The van der Waals surface area contributed by atoms with Crippen molar-refractivity contribution in [2.45, 2.75) is 45.6 Å². The zero-order chi connectivity index (χ0) is 11.3. The molecule has 1 rings (SSSR count). The normalized spacial score (nSPS) is 11.7. The molecule has 0 aliphatic heterocycles. The lowest BCUT2D eigenvalue weighted by Crippen LogP contribution is -2.35. The Hall–Kier alpha value is -0.680. The van der Waals surface area contributed by atoms with E-state index in [0.29, 0.717) is 6.54 Å². The van der Waals surface area contributed by atoms with Gasteiger partial charge in [-0.25, -0.2) is 4.98 Å². The van der Waals surface area contributed by atoms with Crippen LogP contribution >= 0.6 is 11.5 Å². The Kier molecular flexibility index (Phi) is 4.47. The summed E-state index contributed by atoms with van der Waals surface area (Å²) in [4.78, 5) is 4.29. The fraction of sp³-hybridized carbons (Fsp3) is 0.800. The van der Waals surface area contributed by atoms with E-state index in [9.17, 15) is 5.11 Å². The van der Waals surface area contributed by atoms with Crippen molar-refractivity contribution >= 4 is 16.7 Å². The van der Waals surface area contributed by atoms with E-state index in [4.69, 9.17) is 0 Å².